The van der Waals surface area contributed by atoms with E-state index in [1.165, 1.54) is 12.5 Å². The number of nitrogens with one attached hydrogen (secondary N) is 1. The van der Waals surface area contributed by atoms with Gasteiger partial charge in [-0.05, 0) is 36.6 Å². The van der Waals surface area contributed by atoms with E-state index >= 15 is 0 Å². The first-order valence-electron chi connectivity index (χ1n) is 9.46. The Balaban J connectivity index is 1.37. The summed E-state index contributed by atoms with van der Waals surface area (Å²) in [6.45, 7) is 1.000. The number of carbonyl (C=O) groups is 2. The van der Waals surface area contributed by atoms with Crippen LogP contribution < -0.4 is 5.32 Å². The molecular weight excluding hydrogens is 390 g/mol. The highest BCUT2D eigenvalue weighted by Gasteiger charge is 2.30. The van der Waals surface area contributed by atoms with Crippen molar-refractivity contribution in [3.63, 3.8) is 0 Å². The van der Waals surface area contributed by atoms with Crippen molar-refractivity contribution in [2.75, 3.05) is 18.4 Å². The fourth-order valence-electron chi connectivity index (χ4n) is 3.49. The zero-order valence-corrected chi connectivity index (χ0v) is 16.4. The van der Waals surface area contributed by atoms with E-state index in [1.807, 2.05) is 36.4 Å². The zero-order valence-electron chi connectivity index (χ0n) is 15.7. The first-order valence-corrected chi connectivity index (χ1v) is 9.84. The van der Waals surface area contributed by atoms with E-state index in [2.05, 4.69) is 10.3 Å². The minimum Gasteiger partial charge on any atom is -0.459 e. The highest BCUT2D eigenvalue weighted by Crippen LogP contribution is 2.28. The number of pyridine rings is 1. The van der Waals surface area contributed by atoms with Gasteiger partial charge in [0.1, 0.15) is 5.82 Å². The number of furan rings is 1. The highest BCUT2D eigenvalue weighted by molar-refractivity contribution is 6.30. The SMILES string of the molecule is O=C(Nc1ccc(Cl)cn1)C1CCN(C(=O)c2occc2-c2ccccc2)CC1. The molecule has 0 unspecified atom stereocenters. The third-order valence-electron chi connectivity index (χ3n) is 5.08. The van der Waals surface area contributed by atoms with E-state index in [0.717, 1.165) is 11.1 Å². The number of anilines is 1. The zero-order chi connectivity index (χ0) is 20.2. The predicted octanol–water partition coefficient (Wildman–Crippen LogP) is 4.49. The van der Waals surface area contributed by atoms with Crippen molar-refractivity contribution in [2.24, 2.45) is 5.92 Å². The van der Waals surface area contributed by atoms with Crippen molar-refractivity contribution in [1.82, 2.24) is 9.88 Å². The summed E-state index contributed by atoms with van der Waals surface area (Å²) in [5.41, 5.74) is 1.72. The molecule has 0 saturated carbocycles. The molecule has 2 aromatic heterocycles. The van der Waals surface area contributed by atoms with Crippen LogP contribution in [-0.4, -0.2) is 34.8 Å². The molecule has 1 saturated heterocycles. The fraction of sp³-hybridized carbons (Fsp3) is 0.227. The maximum absolute atomic E-state index is 13.0. The number of likely N-dealkylation sites (tertiary alicyclic amines) is 1. The average molecular weight is 410 g/mol. The summed E-state index contributed by atoms with van der Waals surface area (Å²) in [4.78, 5) is 31.3. The van der Waals surface area contributed by atoms with Gasteiger partial charge in [-0.15, -0.1) is 0 Å². The molecular formula is C22H20ClN3O3. The normalized spacial score (nSPS) is 14.6. The number of aromatic nitrogens is 1. The molecule has 0 spiro atoms. The van der Waals surface area contributed by atoms with Gasteiger partial charge >= 0.3 is 0 Å². The highest BCUT2D eigenvalue weighted by atomic mass is 35.5. The predicted molar refractivity (Wildman–Crippen MR) is 111 cm³/mol. The van der Waals surface area contributed by atoms with Crippen LogP contribution in [0, 0.1) is 5.92 Å². The lowest BCUT2D eigenvalue weighted by atomic mass is 9.95. The van der Waals surface area contributed by atoms with E-state index < -0.39 is 0 Å². The Kier molecular flexibility index (Phi) is 5.62. The quantitative estimate of drug-likeness (QED) is 0.689. The second kappa shape index (κ2) is 8.49. The maximum Gasteiger partial charge on any atom is 0.290 e. The topological polar surface area (TPSA) is 75.4 Å². The van der Waals surface area contributed by atoms with Crippen molar-refractivity contribution in [3.8, 4) is 11.1 Å². The van der Waals surface area contributed by atoms with Crippen LogP contribution in [0.15, 0.2) is 65.4 Å². The third-order valence-corrected chi connectivity index (χ3v) is 5.30. The molecule has 0 atom stereocenters. The first kappa shape index (κ1) is 19.2. The molecule has 0 aliphatic carbocycles. The largest absolute Gasteiger partial charge is 0.459 e. The lowest BCUT2D eigenvalue weighted by Gasteiger charge is -2.31. The van der Waals surface area contributed by atoms with Crippen molar-refractivity contribution in [3.05, 3.63) is 71.8 Å². The molecule has 6 nitrogen and oxygen atoms in total. The maximum atomic E-state index is 13.0. The standard InChI is InChI=1S/C22H20ClN3O3/c23-17-6-7-19(24-14-17)25-21(27)16-8-11-26(12-9-16)22(28)20-18(10-13-29-20)15-4-2-1-3-5-15/h1-7,10,13-14,16H,8-9,11-12H2,(H,24,25,27). The number of halogens is 1. The Bertz CT molecular complexity index is 994. The Morgan fingerprint density at radius 3 is 2.52 bits per heavy atom. The van der Waals surface area contributed by atoms with Crippen LogP contribution in [0.1, 0.15) is 23.4 Å². The Morgan fingerprint density at radius 1 is 1.07 bits per heavy atom. The monoisotopic (exact) mass is 409 g/mol. The van der Waals surface area contributed by atoms with E-state index in [0.29, 0.717) is 42.5 Å². The Hall–Kier alpha value is -3.12. The van der Waals surface area contributed by atoms with Crippen LogP contribution in [0.3, 0.4) is 0 Å². The van der Waals surface area contributed by atoms with Crippen molar-refractivity contribution >= 4 is 29.2 Å². The van der Waals surface area contributed by atoms with Gasteiger partial charge in [0.15, 0.2) is 5.76 Å². The van der Waals surface area contributed by atoms with Gasteiger partial charge in [0.25, 0.3) is 5.91 Å². The number of carbonyl (C=O) groups excluding carboxylic acids is 2. The van der Waals surface area contributed by atoms with Crippen LogP contribution >= 0.6 is 11.6 Å². The van der Waals surface area contributed by atoms with Crippen LogP contribution in [0.5, 0.6) is 0 Å². The molecule has 29 heavy (non-hydrogen) atoms. The number of amides is 2. The van der Waals surface area contributed by atoms with Crippen LogP contribution in [-0.2, 0) is 4.79 Å². The van der Waals surface area contributed by atoms with Crippen LogP contribution in [0.25, 0.3) is 11.1 Å². The summed E-state index contributed by atoms with van der Waals surface area (Å²) >= 11 is 5.81. The minimum atomic E-state index is -0.165. The van der Waals surface area contributed by atoms with Crippen molar-refractivity contribution in [1.29, 1.82) is 0 Å². The average Bonchev–Trinajstić information content (AvgIpc) is 3.25. The van der Waals surface area contributed by atoms with Crippen LogP contribution in [0.2, 0.25) is 5.02 Å². The summed E-state index contributed by atoms with van der Waals surface area (Å²) < 4.78 is 5.51. The smallest absolute Gasteiger partial charge is 0.290 e. The fourth-order valence-corrected chi connectivity index (χ4v) is 3.60. The molecule has 148 valence electrons. The second-order valence-electron chi connectivity index (χ2n) is 6.95. The van der Waals surface area contributed by atoms with Gasteiger partial charge in [-0.3, -0.25) is 9.59 Å². The number of hydrogen-bond acceptors (Lipinski definition) is 4. The van der Waals surface area contributed by atoms with Gasteiger partial charge in [-0.25, -0.2) is 4.98 Å². The molecule has 3 heterocycles. The van der Waals surface area contributed by atoms with Gasteiger partial charge in [0.05, 0.1) is 11.3 Å². The molecule has 2 amide bonds. The number of rotatable bonds is 4. The van der Waals surface area contributed by atoms with E-state index in [1.54, 1.807) is 17.0 Å². The molecule has 1 aliphatic heterocycles. The summed E-state index contributed by atoms with van der Waals surface area (Å²) in [5, 5.41) is 3.33. The van der Waals surface area contributed by atoms with E-state index in [4.69, 9.17) is 16.0 Å². The van der Waals surface area contributed by atoms with Gasteiger partial charge in [0, 0.05) is 30.8 Å². The van der Waals surface area contributed by atoms with Crippen molar-refractivity contribution < 1.29 is 14.0 Å². The molecule has 0 bridgehead atoms. The number of piperidine rings is 1. The van der Waals surface area contributed by atoms with Gasteiger partial charge in [-0.1, -0.05) is 41.9 Å². The summed E-state index contributed by atoms with van der Waals surface area (Å²) in [7, 11) is 0. The molecule has 3 aromatic rings. The van der Waals surface area contributed by atoms with Crippen LogP contribution in [0.4, 0.5) is 5.82 Å². The minimum absolute atomic E-state index is 0.0881. The lowest BCUT2D eigenvalue weighted by molar-refractivity contribution is -0.121. The molecule has 1 aliphatic rings. The van der Waals surface area contributed by atoms with E-state index in [9.17, 15) is 9.59 Å². The summed E-state index contributed by atoms with van der Waals surface area (Å²) in [6.07, 6.45) is 4.21. The number of hydrogen-bond donors (Lipinski definition) is 1. The van der Waals surface area contributed by atoms with Gasteiger partial charge in [-0.2, -0.15) is 0 Å². The Labute approximate surface area is 173 Å². The Morgan fingerprint density at radius 2 is 1.83 bits per heavy atom. The molecule has 1 N–H and O–H groups in total. The van der Waals surface area contributed by atoms with Crippen molar-refractivity contribution in [2.45, 2.75) is 12.8 Å². The van der Waals surface area contributed by atoms with Gasteiger partial charge < -0.3 is 14.6 Å². The summed E-state index contributed by atoms with van der Waals surface area (Å²) in [5.74, 6) is 0.411. The molecule has 1 aromatic carbocycles. The first-order chi connectivity index (χ1) is 14.1. The second-order valence-corrected chi connectivity index (χ2v) is 7.38. The molecule has 4 rings (SSSR count). The number of nitrogens with zero attached hydrogens (tertiary/aromatic N) is 2. The number of benzene rings is 1. The lowest BCUT2D eigenvalue weighted by Crippen LogP contribution is -2.41. The third kappa shape index (κ3) is 4.32. The van der Waals surface area contributed by atoms with E-state index in [-0.39, 0.29) is 17.7 Å². The molecule has 1 fully saturated rings. The molecule has 0 radical (unpaired) electrons. The van der Waals surface area contributed by atoms with Gasteiger partial charge in [0.2, 0.25) is 5.91 Å². The molecule has 7 heteroatoms. The summed E-state index contributed by atoms with van der Waals surface area (Å²) in [6, 6.07) is 14.8.